The number of thiazole rings is 3. The van der Waals surface area contributed by atoms with Gasteiger partial charge in [-0.25, -0.2) is 13.7 Å². The van der Waals surface area contributed by atoms with Crippen molar-refractivity contribution in [3.8, 4) is 0 Å². The molecule has 0 fully saturated rings. The number of hydrogen-bond donors (Lipinski definition) is 0. The summed E-state index contributed by atoms with van der Waals surface area (Å²) in [5.41, 5.74) is 10.0. The van der Waals surface area contributed by atoms with Crippen molar-refractivity contribution < 1.29 is 18.0 Å². The maximum atomic E-state index is 4.60. The lowest BCUT2D eigenvalue weighted by atomic mass is 10.4. The van der Waals surface area contributed by atoms with Crippen molar-refractivity contribution in [3.05, 3.63) is 174 Å². The molecule has 0 spiro atoms. The Labute approximate surface area is 375 Å². The molecule has 60 heavy (non-hydrogen) atoms. The molecule has 10 rings (SSSR count). The summed E-state index contributed by atoms with van der Waals surface area (Å²) in [4.78, 5) is 18.0. The number of nitrogens with zero attached hydrogens (tertiary/aromatic N) is 10. The van der Waals surface area contributed by atoms with Crippen LogP contribution in [-0.4, -0.2) is 48.5 Å². The van der Waals surface area contributed by atoms with Crippen LogP contribution in [0.3, 0.4) is 0 Å². The topological polar surface area (TPSA) is 181 Å². The van der Waals surface area contributed by atoms with E-state index < -0.39 is 0 Å². The first kappa shape index (κ1) is 52.6. The monoisotopic (exact) mass is 926 g/mol. The van der Waals surface area contributed by atoms with Gasteiger partial charge in [-0.3, -0.25) is 15.0 Å². The standard InChI is InChI=1S/4C4H5NO.6C4H5NS/c1-4-2-6-3-5-4;1-4-2-5-6-3-4;1-4-2-3-6-5-4;1-4-2-3-5-6-4;1-4-2-6-3-5-4;1-4-2-5-3-6-4;1-4-2-5-6-3-4;1-4-5-2-3-6-4;1-4-2-3-6-5-4;1-4-2-3-5-6-4/h10*2-3H,1H3. The second-order valence-corrected chi connectivity index (χ2v) is 16.6. The third kappa shape index (κ3) is 33.6. The van der Waals surface area contributed by atoms with Crippen LogP contribution in [0.4, 0.5) is 0 Å². The predicted octanol–water partition coefficient (Wildman–Crippen LogP) is 12.6. The Bertz CT molecular complexity index is 1660. The smallest absolute Gasteiger partial charge is 0.180 e. The van der Waals surface area contributed by atoms with E-state index in [1.807, 2.05) is 126 Å². The fourth-order valence-electron chi connectivity index (χ4n) is 2.74. The normalized spacial score (nSPS) is 8.83. The minimum Gasteiger partial charge on any atom is -0.452 e. The van der Waals surface area contributed by atoms with Gasteiger partial charge in [0.05, 0.1) is 45.5 Å². The minimum atomic E-state index is 0.856. The van der Waals surface area contributed by atoms with E-state index in [0.29, 0.717) is 0 Å². The fourth-order valence-corrected chi connectivity index (χ4v) is 5.61. The van der Waals surface area contributed by atoms with Crippen molar-refractivity contribution in [2.45, 2.75) is 69.2 Å². The summed E-state index contributed by atoms with van der Waals surface area (Å²) in [6, 6.07) is 7.59. The number of aromatic nitrogens is 10. The van der Waals surface area contributed by atoms with Crippen molar-refractivity contribution >= 4 is 68.6 Å². The summed E-state index contributed by atoms with van der Waals surface area (Å²) in [5, 5.41) is 19.5. The van der Waals surface area contributed by atoms with Crippen LogP contribution in [0.5, 0.6) is 0 Å². The molecule has 14 nitrogen and oxygen atoms in total. The SMILES string of the molecule is Cc1ccno1.Cc1ccns1.Cc1ccon1.Cc1ccsn1.Cc1cncs1.Cc1cnoc1.Cc1cnsc1.Cc1cocn1.Cc1cscn1.Cc1nccs1. The first-order chi connectivity index (χ1) is 28.9. The van der Waals surface area contributed by atoms with E-state index in [-0.39, 0.29) is 0 Å². The van der Waals surface area contributed by atoms with Gasteiger partial charge >= 0.3 is 0 Å². The Morgan fingerprint density at radius 3 is 1.57 bits per heavy atom. The summed E-state index contributed by atoms with van der Waals surface area (Å²) < 4.78 is 29.8. The average molecular weight is 927 g/mol. The van der Waals surface area contributed by atoms with Gasteiger partial charge in [-0.05, 0) is 122 Å². The fraction of sp³-hybridized carbons (Fsp3) is 0.250. The number of aryl methyl sites for hydroxylation is 10. The van der Waals surface area contributed by atoms with E-state index in [4.69, 9.17) is 0 Å². The van der Waals surface area contributed by atoms with E-state index in [9.17, 15) is 0 Å². The molecule has 10 aromatic rings. The van der Waals surface area contributed by atoms with Crippen LogP contribution in [0, 0.1) is 69.2 Å². The third-order valence-corrected chi connectivity index (χ3v) is 9.72. The maximum Gasteiger partial charge on any atom is 0.180 e. The molecule has 0 saturated carbocycles. The van der Waals surface area contributed by atoms with E-state index in [1.165, 1.54) is 56.3 Å². The van der Waals surface area contributed by atoms with Gasteiger partial charge in [0.15, 0.2) is 6.39 Å². The lowest BCUT2D eigenvalue weighted by Gasteiger charge is -1.65. The summed E-state index contributed by atoms with van der Waals surface area (Å²) in [6.07, 6.45) is 16.8. The van der Waals surface area contributed by atoms with E-state index in [2.05, 4.69) is 66.5 Å². The van der Waals surface area contributed by atoms with Gasteiger partial charge in [0.25, 0.3) is 0 Å². The van der Waals surface area contributed by atoms with Crippen LogP contribution in [0.15, 0.2) is 137 Å². The molecule has 0 N–H and O–H groups in total. The molecule has 10 heterocycles. The molecule has 0 bridgehead atoms. The third-order valence-electron chi connectivity index (χ3n) is 5.60. The molecule has 0 aliphatic carbocycles. The molecule has 0 amide bonds. The molecular formula is C40H50N10O4S6. The van der Waals surface area contributed by atoms with Gasteiger partial charge in [0.2, 0.25) is 0 Å². The van der Waals surface area contributed by atoms with Crippen molar-refractivity contribution in [2.75, 3.05) is 0 Å². The number of oxazole rings is 1. The Balaban J connectivity index is 0.000000333. The Morgan fingerprint density at radius 2 is 1.40 bits per heavy atom. The number of rotatable bonds is 0. The van der Waals surface area contributed by atoms with E-state index >= 15 is 0 Å². The zero-order valence-corrected chi connectivity index (χ0v) is 40.0. The van der Waals surface area contributed by atoms with Gasteiger partial charge < -0.3 is 18.0 Å². The quantitative estimate of drug-likeness (QED) is 0.140. The molecule has 0 aliphatic rings. The van der Waals surface area contributed by atoms with Crippen molar-refractivity contribution in [3.63, 3.8) is 0 Å². The highest BCUT2D eigenvalue weighted by Gasteiger charge is 1.82. The largest absolute Gasteiger partial charge is 0.452 e. The molecule has 0 atom stereocenters. The molecule has 10 aromatic heterocycles. The lowest BCUT2D eigenvalue weighted by Crippen LogP contribution is -1.59. The molecule has 320 valence electrons. The zero-order chi connectivity index (χ0) is 44.1. The van der Waals surface area contributed by atoms with Crippen LogP contribution in [0.2, 0.25) is 0 Å². The lowest BCUT2D eigenvalue weighted by molar-refractivity contribution is 0.397. The first-order valence-electron chi connectivity index (χ1n) is 17.6. The van der Waals surface area contributed by atoms with Crippen molar-refractivity contribution in [1.29, 1.82) is 0 Å². The zero-order valence-electron chi connectivity index (χ0n) is 35.1. The second kappa shape index (κ2) is 35.6. The highest BCUT2D eigenvalue weighted by molar-refractivity contribution is 7.09. The Hall–Kier alpha value is -5.38. The molecule has 0 aromatic carbocycles. The minimum absolute atomic E-state index is 0.856. The summed E-state index contributed by atoms with van der Waals surface area (Å²) in [6.45, 7) is 19.6. The van der Waals surface area contributed by atoms with Gasteiger partial charge in [-0.1, -0.05) is 15.5 Å². The van der Waals surface area contributed by atoms with Crippen LogP contribution in [-0.2, 0) is 0 Å². The predicted molar refractivity (Wildman–Crippen MR) is 246 cm³/mol. The Kier molecular flexibility index (Phi) is 31.2. The van der Waals surface area contributed by atoms with Gasteiger partial charge in [-0.15, -0.1) is 34.0 Å². The summed E-state index contributed by atoms with van der Waals surface area (Å²) in [5.74, 6) is 0.856. The van der Waals surface area contributed by atoms with Crippen LogP contribution >= 0.6 is 68.6 Å². The highest BCUT2D eigenvalue weighted by Crippen LogP contribution is 2.01. The molecule has 20 heteroatoms. The number of hydrogen-bond acceptors (Lipinski definition) is 20. The first-order valence-corrected chi connectivity index (χ1v) is 22.7. The van der Waals surface area contributed by atoms with Crippen LogP contribution < -0.4 is 0 Å². The van der Waals surface area contributed by atoms with Crippen molar-refractivity contribution in [2.24, 2.45) is 0 Å². The molecule has 0 radical (unpaired) electrons. The summed E-state index contributed by atoms with van der Waals surface area (Å²) in [7, 11) is 0. The molecule has 0 aliphatic heterocycles. The van der Waals surface area contributed by atoms with Gasteiger partial charge in [-0.2, -0.15) is 4.37 Å². The molecular weight excluding hydrogens is 877 g/mol. The van der Waals surface area contributed by atoms with Crippen LogP contribution in [0.25, 0.3) is 0 Å². The Morgan fingerprint density at radius 1 is 0.567 bits per heavy atom. The molecule has 0 saturated heterocycles. The van der Waals surface area contributed by atoms with Crippen molar-refractivity contribution in [1.82, 2.24) is 48.5 Å². The second-order valence-electron chi connectivity index (χ2n) is 11.4. The van der Waals surface area contributed by atoms with E-state index in [0.717, 1.165) is 39.1 Å². The van der Waals surface area contributed by atoms with E-state index in [1.54, 1.807) is 89.7 Å². The van der Waals surface area contributed by atoms with Crippen LogP contribution in [0.1, 0.15) is 54.4 Å². The summed E-state index contributed by atoms with van der Waals surface area (Å²) >= 11 is 9.47. The average Bonchev–Trinajstić information content (AvgIpc) is 4.06. The molecule has 0 unspecified atom stereocenters. The van der Waals surface area contributed by atoms with Gasteiger partial charge in [0, 0.05) is 79.5 Å². The van der Waals surface area contributed by atoms with Gasteiger partial charge in [0.1, 0.15) is 24.5 Å². The maximum absolute atomic E-state index is 4.60. The highest BCUT2D eigenvalue weighted by atomic mass is 32.1.